The largest absolute Gasteiger partial charge is 1.00 e. The molecule has 1 aliphatic rings. The van der Waals surface area contributed by atoms with Crippen molar-refractivity contribution in [1.29, 1.82) is 0 Å². The summed E-state index contributed by atoms with van der Waals surface area (Å²) in [5, 5.41) is 0. The predicted octanol–water partition coefficient (Wildman–Crippen LogP) is -0.0418. The molecule has 1 aliphatic heterocycles. The van der Waals surface area contributed by atoms with Gasteiger partial charge in [0, 0.05) is 6.04 Å². The van der Waals surface area contributed by atoms with Crippen LogP contribution in [-0.4, -0.2) is 31.0 Å². The molecule has 0 bridgehead atoms. The summed E-state index contributed by atoms with van der Waals surface area (Å²) in [7, 11) is 0. The molecular formula is C9H18BF3KN. The normalized spacial score (nSPS) is 24.0. The van der Waals surface area contributed by atoms with Gasteiger partial charge in [-0.05, 0) is 33.4 Å². The zero-order valence-corrected chi connectivity index (χ0v) is 13.0. The summed E-state index contributed by atoms with van der Waals surface area (Å²) < 4.78 is 36.6. The van der Waals surface area contributed by atoms with Crippen LogP contribution in [-0.2, 0) is 0 Å². The number of nitrogens with zero attached hydrogens (tertiary/aromatic N) is 1. The van der Waals surface area contributed by atoms with Crippen LogP contribution in [0.25, 0.3) is 0 Å². The SMILES string of the molecule is CC(C)N1CCCC(C[B-](F)(F)F)C1.[K+]. The van der Waals surface area contributed by atoms with Crippen LogP contribution >= 0.6 is 0 Å². The van der Waals surface area contributed by atoms with E-state index >= 15 is 0 Å². The van der Waals surface area contributed by atoms with E-state index in [4.69, 9.17) is 0 Å². The summed E-state index contributed by atoms with van der Waals surface area (Å²) in [6, 6.07) is 0.374. The molecule has 0 spiro atoms. The molecule has 0 aromatic heterocycles. The van der Waals surface area contributed by atoms with E-state index in [0.29, 0.717) is 12.6 Å². The molecule has 0 aliphatic carbocycles. The monoisotopic (exact) mass is 247 g/mol. The third-order valence-corrected chi connectivity index (χ3v) is 2.88. The molecular weight excluding hydrogens is 229 g/mol. The summed E-state index contributed by atoms with van der Waals surface area (Å²) in [5.41, 5.74) is 0. The smallest absolute Gasteiger partial charge is 0.449 e. The van der Waals surface area contributed by atoms with Gasteiger partial charge in [-0.1, -0.05) is 18.7 Å². The average molecular weight is 247 g/mol. The van der Waals surface area contributed by atoms with E-state index in [1.165, 1.54) is 0 Å². The number of hydrogen-bond donors (Lipinski definition) is 0. The van der Waals surface area contributed by atoms with E-state index in [0.717, 1.165) is 19.4 Å². The molecule has 15 heavy (non-hydrogen) atoms. The van der Waals surface area contributed by atoms with Crippen LogP contribution in [0.2, 0.25) is 6.32 Å². The Morgan fingerprint density at radius 1 is 1.33 bits per heavy atom. The first-order valence-corrected chi connectivity index (χ1v) is 5.33. The first-order chi connectivity index (χ1) is 6.38. The second-order valence-electron chi connectivity index (χ2n) is 4.54. The van der Waals surface area contributed by atoms with Crippen LogP contribution in [0.5, 0.6) is 0 Å². The molecule has 0 aromatic rings. The number of likely N-dealkylation sites (tertiary alicyclic amines) is 1. The molecule has 1 atom stereocenters. The second kappa shape index (κ2) is 7.01. The van der Waals surface area contributed by atoms with Crippen LogP contribution in [0.1, 0.15) is 26.7 Å². The van der Waals surface area contributed by atoms with Gasteiger partial charge in [-0.2, -0.15) is 0 Å². The standard InChI is InChI=1S/C9H18BF3N.K/c1-8(2)14-5-3-4-9(7-14)6-10(11,12)13;/h8-9H,3-7H2,1-2H3;/q-1;+1. The number of piperidine rings is 1. The van der Waals surface area contributed by atoms with Crippen molar-refractivity contribution in [1.82, 2.24) is 4.90 Å². The van der Waals surface area contributed by atoms with E-state index in [1.807, 2.05) is 13.8 Å². The fourth-order valence-electron chi connectivity index (χ4n) is 2.14. The van der Waals surface area contributed by atoms with E-state index in [1.54, 1.807) is 0 Å². The van der Waals surface area contributed by atoms with Crippen LogP contribution in [0, 0.1) is 5.92 Å². The maximum atomic E-state index is 12.2. The van der Waals surface area contributed by atoms with Gasteiger partial charge >= 0.3 is 58.4 Å². The Balaban J connectivity index is 0.00000196. The van der Waals surface area contributed by atoms with Crippen molar-refractivity contribution in [3.8, 4) is 0 Å². The summed E-state index contributed by atoms with van der Waals surface area (Å²) in [6.07, 6.45) is 1.10. The molecule has 0 saturated carbocycles. The topological polar surface area (TPSA) is 3.24 Å². The Morgan fingerprint density at radius 3 is 2.40 bits per heavy atom. The molecule has 1 saturated heterocycles. The Kier molecular flexibility index (Phi) is 7.69. The molecule has 1 nitrogen and oxygen atoms in total. The average Bonchev–Trinajstić information content (AvgIpc) is 2.01. The molecule has 0 amide bonds. The Hall–Kier alpha value is 1.45. The van der Waals surface area contributed by atoms with Crippen LogP contribution in [0.4, 0.5) is 12.9 Å². The summed E-state index contributed by atoms with van der Waals surface area (Å²) in [5.74, 6) is -0.161. The number of halogens is 3. The van der Waals surface area contributed by atoms with Crippen molar-refractivity contribution in [3.05, 3.63) is 0 Å². The van der Waals surface area contributed by atoms with Crippen molar-refractivity contribution in [2.75, 3.05) is 13.1 Å². The van der Waals surface area contributed by atoms with Crippen molar-refractivity contribution in [2.24, 2.45) is 5.92 Å². The van der Waals surface area contributed by atoms with Crippen molar-refractivity contribution < 1.29 is 64.3 Å². The molecule has 1 fully saturated rings. The maximum absolute atomic E-state index is 12.2. The molecule has 0 radical (unpaired) electrons. The maximum Gasteiger partial charge on any atom is 1.00 e. The van der Waals surface area contributed by atoms with Crippen LogP contribution < -0.4 is 51.4 Å². The Morgan fingerprint density at radius 2 is 1.93 bits per heavy atom. The van der Waals surface area contributed by atoms with Gasteiger partial charge in [-0.3, -0.25) is 0 Å². The predicted molar refractivity (Wildman–Crippen MR) is 53.3 cm³/mol. The Bertz CT molecular complexity index is 187. The molecule has 0 N–H and O–H groups in total. The molecule has 0 aromatic carbocycles. The zero-order chi connectivity index (χ0) is 10.8. The zero-order valence-electron chi connectivity index (χ0n) is 9.85. The molecule has 1 unspecified atom stereocenters. The second-order valence-corrected chi connectivity index (χ2v) is 4.54. The minimum Gasteiger partial charge on any atom is -0.449 e. The van der Waals surface area contributed by atoms with Gasteiger partial charge in [0.1, 0.15) is 0 Å². The van der Waals surface area contributed by atoms with Gasteiger partial charge in [0.25, 0.3) is 0 Å². The first-order valence-electron chi connectivity index (χ1n) is 5.33. The number of hydrogen-bond acceptors (Lipinski definition) is 1. The van der Waals surface area contributed by atoms with Crippen LogP contribution in [0.15, 0.2) is 0 Å². The van der Waals surface area contributed by atoms with Crippen molar-refractivity contribution in [3.63, 3.8) is 0 Å². The number of rotatable bonds is 3. The van der Waals surface area contributed by atoms with Crippen molar-refractivity contribution in [2.45, 2.75) is 39.1 Å². The van der Waals surface area contributed by atoms with Gasteiger partial charge in [0.05, 0.1) is 0 Å². The van der Waals surface area contributed by atoms with Gasteiger partial charge < -0.3 is 17.8 Å². The van der Waals surface area contributed by atoms with Crippen LogP contribution in [0.3, 0.4) is 0 Å². The van der Waals surface area contributed by atoms with Gasteiger partial charge in [-0.15, -0.1) is 0 Å². The van der Waals surface area contributed by atoms with Gasteiger partial charge in [0.2, 0.25) is 0 Å². The summed E-state index contributed by atoms with van der Waals surface area (Å²) in [4.78, 5) is 2.15. The molecule has 6 heteroatoms. The Labute approximate surface area is 133 Å². The minimum atomic E-state index is -4.60. The summed E-state index contributed by atoms with van der Waals surface area (Å²) in [6.45, 7) is 1.07. The fourth-order valence-corrected chi connectivity index (χ4v) is 2.14. The molecule has 1 heterocycles. The van der Waals surface area contributed by atoms with Gasteiger partial charge in [0.15, 0.2) is 0 Å². The molecule has 1 rings (SSSR count). The van der Waals surface area contributed by atoms with Crippen molar-refractivity contribution >= 4 is 6.98 Å². The quantitative estimate of drug-likeness (QED) is 0.632. The van der Waals surface area contributed by atoms with E-state index < -0.39 is 13.3 Å². The first kappa shape index (κ1) is 16.5. The van der Waals surface area contributed by atoms with E-state index in [9.17, 15) is 12.9 Å². The summed E-state index contributed by atoms with van der Waals surface area (Å²) >= 11 is 0. The van der Waals surface area contributed by atoms with E-state index in [2.05, 4.69) is 4.90 Å². The van der Waals surface area contributed by atoms with Gasteiger partial charge in [-0.25, -0.2) is 0 Å². The molecule has 84 valence electrons. The third-order valence-electron chi connectivity index (χ3n) is 2.88. The fraction of sp³-hybridized carbons (Fsp3) is 1.00. The minimum absolute atomic E-state index is 0. The van der Waals surface area contributed by atoms with E-state index in [-0.39, 0.29) is 57.3 Å². The third kappa shape index (κ3) is 6.68.